The molecule has 6 amide bonds. The molecule has 20 heteroatoms. The van der Waals surface area contributed by atoms with Gasteiger partial charge >= 0.3 is 0 Å². The quantitative estimate of drug-likeness (QED) is 0.0251. The van der Waals surface area contributed by atoms with E-state index in [9.17, 15) is 28.8 Å². The molecule has 0 bridgehead atoms. The minimum absolute atomic E-state index is 0.0371. The zero-order valence-electron chi connectivity index (χ0n) is 35.5. The van der Waals surface area contributed by atoms with E-state index in [0.717, 1.165) is 5.56 Å². The molecule has 0 saturated carbocycles. The lowest BCUT2D eigenvalue weighted by molar-refractivity contribution is -0.136. The van der Waals surface area contributed by atoms with Gasteiger partial charge in [-0.15, -0.1) is 0 Å². The average molecular weight is 842 g/mol. The van der Waals surface area contributed by atoms with E-state index in [2.05, 4.69) is 52.5 Å². The number of aromatic amines is 1. The molecule has 0 radical (unpaired) electrons. The number of H-pyrrole nitrogens is 1. The van der Waals surface area contributed by atoms with Crippen molar-refractivity contribution in [1.29, 1.82) is 5.41 Å². The highest BCUT2D eigenvalue weighted by Crippen LogP contribution is 2.10. The van der Waals surface area contributed by atoms with Gasteiger partial charge < -0.3 is 63.7 Å². The summed E-state index contributed by atoms with van der Waals surface area (Å²) in [7, 11) is 1.46. The number of nitrogens with two attached hydrogens (primary N) is 2. The number of rotatable bonds is 29. The van der Waals surface area contributed by atoms with Crippen LogP contribution in [0.1, 0.15) is 71.1 Å². The summed E-state index contributed by atoms with van der Waals surface area (Å²) in [6.07, 6.45) is 4.89. The highest BCUT2D eigenvalue weighted by Gasteiger charge is 2.34. The number of benzene rings is 1. The number of nitrogens with one attached hydrogen (secondary N) is 10. The minimum Gasteiger partial charge on any atom is -0.370 e. The van der Waals surface area contributed by atoms with Crippen LogP contribution in [0.5, 0.6) is 0 Å². The Morgan fingerprint density at radius 2 is 1.38 bits per heavy atom. The fraction of sp³-hybridized carbons (Fsp3) is 0.600. The van der Waals surface area contributed by atoms with Crippen LogP contribution in [0.3, 0.4) is 0 Å². The number of hydrogen-bond donors (Lipinski definition) is 12. The number of ether oxygens (including phenoxy) is 1. The molecule has 1 aromatic heterocycles. The molecule has 1 heterocycles. The molecule has 0 aliphatic heterocycles. The van der Waals surface area contributed by atoms with E-state index in [0.29, 0.717) is 38.0 Å². The van der Waals surface area contributed by atoms with Gasteiger partial charge in [0.2, 0.25) is 35.4 Å². The van der Waals surface area contributed by atoms with Crippen molar-refractivity contribution >= 4 is 41.4 Å². The molecule has 5 atom stereocenters. The Morgan fingerprint density at radius 1 is 0.767 bits per heavy atom. The molecule has 14 N–H and O–H groups in total. The summed E-state index contributed by atoms with van der Waals surface area (Å²) in [5.74, 6) is -4.34. The van der Waals surface area contributed by atoms with Gasteiger partial charge in [-0.05, 0) is 50.1 Å². The lowest BCUT2D eigenvalue weighted by Crippen LogP contribution is -2.60. The first kappa shape index (κ1) is 50.5. The normalized spacial score (nSPS) is 13.6. The zero-order valence-corrected chi connectivity index (χ0v) is 35.5. The van der Waals surface area contributed by atoms with Crippen molar-refractivity contribution in [1.82, 2.24) is 52.5 Å². The maximum absolute atomic E-state index is 14.0. The van der Waals surface area contributed by atoms with Crippen molar-refractivity contribution in [3.63, 3.8) is 0 Å². The van der Waals surface area contributed by atoms with E-state index in [4.69, 9.17) is 21.6 Å². The van der Waals surface area contributed by atoms with E-state index in [1.165, 1.54) is 13.4 Å². The van der Waals surface area contributed by atoms with Crippen molar-refractivity contribution in [2.24, 2.45) is 17.4 Å². The van der Waals surface area contributed by atoms with Gasteiger partial charge in [0, 0.05) is 45.2 Å². The molecule has 0 saturated heterocycles. The van der Waals surface area contributed by atoms with Crippen LogP contribution in [0.15, 0.2) is 42.9 Å². The van der Waals surface area contributed by atoms with E-state index < -0.39 is 71.6 Å². The van der Waals surface area contributed by atoms with Crippen molar-refractivity contribution in [2.45, 2.75) is 109 Å². The number of nitrogens with zero attached hydrogens (tertiary/aromatic N) is 1. The smallest absolute Gasteiger partial charge is 0.246 e. The highest BCUT2D eigenvalue weighted by atomic mass is 16.5. The Kier molecular flexibility index (Phi) is 23.6. The molecule has 334 valence electrons. The maximum Gasteiger partial charge on any atom is 0.246 e. The topological polar surface area (TPSA) is 312 Å². The second kappa shape index (κ2) is 28.0. The second-order valence-corrected chi connectivity index (χ2v) is 15.0. The van der Waals surface area contributed by atoms with Crippen LogP contribution in [-0.2, 0) is 46.3 Å². The third-order valence-corrected chi connectivity index (χ3v) is 9.26. The first-order valence-electron chi connectivity index (χ1n) is 20.5. The van der Waals surface area contributed by atoms with Crippen molar-refractivity contribution < 1.29 is 33.5 Å². The number of unbranched alkanes of at least 4 members (excludes halogenated alkanes) is 1. The highest BCUT2D eigenvalue weighted by molar-refractivity contribution is 5.96. The van der Waals surface area contributed by atoms with Gasteiger partial charge in [-0.25, -0.2) is 4.98 Å². The van der Waals surface area contributed by atoms with Crippen LogP contribution in [0.4, 0.5) is 0 Å². The Bertz CT molecular complexity index is 1630. The second-order valence-electron chi connectivity index (χ2n) is 15.0. The third kappa shape index (κ3) is 19.9. The van der Waals surface area contributed by atoms with Crippen LogP contribution in [0, 0.1) is 11.3 Å². The Morgan fingerprint density at radius 3 is 2.00 bits per heavy atom. The molecule has 20 nitrogen and oxygen atoms in total. The van der Waals surface area contributed by atoms with Gasteiger partial charge in [-0.3, -0.25) is 34.2 Å². The summed E-state index contributed by atoms with van der Waals surface area (Å²) in [5.41, 5.74) is 12.4. The van der Waals surface area contributed by atoms with Gasteiger partial charge in [0.15, 0.2) is 5.96 Å². The van der Waals surface area contributed by atoms with Gasteiger partial charge in [0.05, 0.1) is 18.6 Å². The first-order valence-corrected chi connectivity index (χ1v) is 20.5. The molecule has 1 aromatic carbocycles. The van der Waals surface area contributed by atoms with E-state index in [1.807, 2.05) is 44.2 Å². The lowest BCUT2D eigenvalue weighted by atomic mass is 10.00. The molecule has 0 fully saturated rings. The number of hydrogen-bond acceptors (Lipinski definition) is 11. The molecule has 0 aliphatic rings. The monoisotopic (exact) mass is 842 g/mol. The number of carbonyl (C=O) groups excluding carboxylic acids is 6. The van der Waals surface area contributed by atoms with Crippen LogP contribution >= 0.6 is 0 Å². The fourth-order valence-corrected chi connectivity index (χ4v) is 6.03. The molecule has 0 aliphatic carbocycles. The Labute approximate surface area is 352 Å². The van der Waals surface area contributed by atoms with Gasteiger partial charge in [-0.1, -0.05) is 58.0 Å². The zero-order chi connectivity index (χ0) is 44.5. The van der Waals surface area contributed by atoms with Crippen LogP contribution in [-0.4, -0.2) is 128 Å². The molecular formula is C40H67N13O7. The average Bonchev–Trinajstić information content (AvgIpc) is 3.72. The largest absolute Gasteiger partial charge is 0.370 e. The van der Waals surface area contributed by atoms with Crippen molar-refractivity contribution in [3.05, 3.63) is 54.1 Å². The number of carbonyl (C=O) groups is 6. The summed E-state index contributed by atoms with van der Waals surface area (Å²) >= 11 is 0. The summed E-state index contributed by atoms with van der Waals surface area (Å²) < 4.78 is 5.46. The standard InChI is InChI=1S/C40H67N13O7/c1-25(2)34(39(59)52-32(21-28-22-45-24-48-28)38(58)51-31(35(55)44-5)20-27-12-7-6-8-13-27)53-37(57)30(15-11-17-47-40(42)43)50-36(56)29(14-9-10-16-41)49-33(54)23-60-19-18-46-26(3)4/h6-8,12-13,22,24-26,29-32,34,46H,9-11,14-21,23,41H2,1-5H3,(H,44,55)(H,45,48)(H,49,54)(H,50,56)(H,51,58)(H,52,59)(H,53,57)(H4,42,43,47)/t29-,30-,31-,32-,34-/m0/s1. The molecule has 2 rings (SSSR count). The summed E-state index contributed by atoms with van der Waals surface area (Å²) in [6.45, 7) is 8.56. The van der Waals surface area contributed by atoms with Crippen molar-refractivity contribution in [2.75, 3.05) is 39.9 Å². The van der Waals surface area contributed by atoms with Crippen LogP contribution in [0.25, 0.3) is 0 Å². The molecule has 60 heavy (non-hydrogen) atoms. The van der Waals surface area contributed by atoms with Crippen LogP contribution in [0.2, 0.25) is 0 Å². The predicted molar refractivity (Wildman–Crippen MR) is 227 cm³/mol. The van der Waals surface area contributed by atoms with Crippen LogP contribution < -0.4 is 54.0 Å². The molecular weight excluding hydrogens is 775 g/mol. The van der Waals surface area contributed by atoms with Crippen molar-refractivity contribution in [3.8, 4) is 0 Å². The summed E-state index contributed by atoms with van der Waals surface area (Å²) in [4.78, 5) is 88.4. The molecule has 0 spiro atoms. The third-order valence-electron chi connectivity index (χ3n) is 9.26. The van der Waals surface area contributed by atoms with Gasteiger partial charge in [0.1, 0.15) is 36.8 Å². The first-order chi connectivity index (χ1) is 28.6. The number of guanidine groups is 1. The maximum atomic E-state index is 14.0. The molecule has 2 aromatic rings. The Hall–Kier alpha value is -5.60. The predicted octanol–water partition coefficient (Wildman–Crippen LogP) is -1.57. The number of imidazole rings is 1. The van der Waals surface area contributed by atoms with E-state index >= 15 is 0 Å². The summed E-state index contributed by atoms with van der Waals surface area (Å²) in [5, 5.41) is 29.6. The summed E-state index contributed by atoms with van der Waals surface area (Å²) in [6, 6.07) is 3.86. The fourth-order valence-electron chi connectivity index (χ4n) is 6.03. The van der Waals surface area contributed by atoms with E-state index in [1.54, 1.807) is 20.0 Å². The SMILES string of the molecule is CNC(=O)[C@H](Cc1ccccc1)NC(=O)[C@H](Cc1c[nH]cn1)NC(=O)[C@@H](NC(=O)[C@H](CCCNC(=N)N)NC(=O)[C@H](CCCCN)NC(=O)COCCNC(C)C)C(C)C. The number of aromatic nitrogens is 2. The lowest BCUT2D eigenvalue weighted by Gasteiger charge is -2.28. The number of likely N-dealkylation sites (N-methyl/N-ethyl adjacent to an activating group) is 1. The van der Waals surface area contributed by atoms with E-state index in [-0.39, 0.29) is 57.4 Å². The van der Waals surface area contributed by atoms with Gasteiger partial charge in [-0.2, -0.15) is 0 Å². The van der Waals surface area contributed by atoms with Gasteiger partial charge in [0.25, 0.3) is 0 Å². The minimum atomic E-state index is -1.21. The Balaban J connectivity index is 2.29. The number of amides is 6. The molecule has 0 unspecified atom stereocenters.